The predicted octanol–water partition coefficient (Wildman–Crippen LogP) is 1.02. The van der Waals surface area contributed by atoms with Crippen molar-refractivity contribution in [3.8, 4) is 0 Å². The fraction of sp³-hybridized carbons (Fsp3) is 0.333. The average Bonchev–Trinajstić information content (AvgIpc) is 2.66. The van der Waals surface area contributed by atoms with Crippen molar-refractivity contribution >= 4 is 5.78 Å². The summed E-state index contributed by atoms with van der Waals surface area (Å²) in [5.74, 6) is 0.640. The second kappa shape index (κ2) is 3.73. The molecule has 0 unspecified atom stereocenters. The standard InChI is InChI=1S/C9H11N3O2/c1-13-8(14-2)7-3-5-12-6-4-10-9(12)11-7/h3-6,8H,1-2H3. The van der Waals surface area contributed by atoms with Crippen LogP contribution >= 0.6 is 0 Å². The van der Waals surface area contributed by atoms with Gasteiger partial charge < -0.3 is 9.47 Å². The van der Waals surface area contributed by atoms with E-state index in [1.807, 2.05) is 22.9 Å². The molecular formula is C9H11N3O2. The summed E-state index contributed by atoms with van der Waals surface area (Å²) in [6.45, 7) is 0. The minimum absolute atomic E-state index is 0.434. The quantitative estimate of drug-likeness (QED) is 0.683. The van der Waals surface area contributed by atoms with Crippen LogP contribution in [0, 0.1) is 0 Å². The molecule has 0 amide bonds. The summed E-state index contributed by atoms with van der Waals surface area (Å²) in [6, 6.07) is 1.84. The van der Waals surface area contributed by atoms with Crippen LogP contribution in [0.5, 0.6) is 0 Å². The number of nitrogens with zero attached hydrogens (tertiary/aromatic N) is 3. The van der Waals surface area contributed by atoms with Gasteiger partial charge in [-0.3, -0.25) is 4.40 Å². The highest BCUT2D eigenvalue weighted by atomic mass is 16.7. The summed E-state index contributed by atoms with van der Waals surface area (Å²) in [7, 11) is 3.15. The highest BCUT2D eigenvalue weighted by Crippen LogP contribution is 2.14. The molecule has 2 aromatic heterocycles. The van der Waals surface area contributed by atoms with Crippen LogP contribution in [-0.2, 0) is 9.47 Å². The van der Waals surface area contributed by atoms with E-state index in [0.29, 0.717) is 11.5 Å². The molecule has 0 atom stereocenters. The van der Waals surface area contributed by atoms with Crippen LogP contribution in [0.3, 0.4) is 0 Å². The molecule has 0 aliphatic carbocycles. The van der Waals surface area contributed by atoms with Gasteiger partial charge in [-0.05, 0) is 6.07 Å². The second-order valence-electron chi connectivity index (χ2n) is 2.79. The summed E-state index contributed by atoms with van der Waals surface area (Å²) >= 11 is 0. The van der Waals surface area contributed by atoms with Crippen molar-refractivity contribution in [3.05, 3.63) is 30.4 Å². The van der Waals surface area contributed by atoms with Gasteiger partial charge in [-0.15, -0.1) is 0 Å². The zero-order chi connectivity index (χ0) is 9.97. The Balaban J connectivity index is 2.42. The number of hydrogen-bond donors (Lipinski definition) is 0. The molecule has 0 bridgehead atoms. The first-order chi connectivity index (χ1) is 6.85. The van der Waals surface area contributed by atoms with Gasteiger partial charge in [0.1, 0.15) is 5.69 Å². The van der Waals surface area contributed by atoms with E-state index in [0.717, 1.165) is 0 Å². The molecule has 74 valence electrons. The summed E-state index contributed by atoms with van der Waals surface area (Å²) in [4.78, 5) is 8.35. The number of fused-ring (bicyclic) bond motifs is 1. The van der Waals surface area contributed by atoms with Gasteiger partial charge in [0.15, 0.2) is 0 Å². The van der Waals surface area contributed by atoms with Gasteiger partial charge in [0.2, 0.25) is 12.1 Å². The van der Waals surface area contributed by atoms with E-state index in [9.17, 15) is 0 Å². The maximum absolute atomic E-state index is 5.09. The minimum atomic E-state index is -0.434. The Morgan fingerprint density at radius 3 is 2.79 bits per heavy atom. The van der Waals surface area contributed by atoms with E-state index in [2.05, 4.69) is 9.97 Å². The van der Waals surface area contributed by atoms with Crippen molar-refractivity contribution in [1.82, 2.24) is 14.4 Å². The zero-order valence-corrected chi connectivity index (χ0v) is 8.04. The van der Waals surface area contributed by atoms with E-state index in [1.54, 1.807) is 20.4 Å². The zero-order valence-electron chi connectivity index (χ0n) is 8.04. The van der Waals surface area contributed by atoms with Crippen molar-refractivity contribution < 1.29 is 9.47 Å². The first-order valence-electron chi connectivity index (χ1n) is 4.20. The molecule has 2 heterocycles. The molecule has 0 spiro atoms. The molecule has 5 nitrogen and oxygen atoms in total. The van der Waals surface area contributed by atoms with Crippen molar-refractivity contribution in [3.63, 3.8) is 0 Å². The van der Waals surface area contributed by atoms with Crippen LogP contribution in [0.25, 0.3) is 5.78 Å². The summed E-state index contributed by atoms with van der Waals surface area (Å²) < 4.78 is 12.0. The topological polar surface area (TPSA) is 48.7 Å². The molecule has 0 radical (unpaired) electrons. The van der Waals surface area contributed by atoms with Crippen LogP contribution in [0.4, 0.5) is 0 Å². The Bertz CT molecular complexity index is 423. The number of aromatic nitrogens is 3. The molecule has 0 aliphatic heterocycles. The van der Waals surface area contributed by atoms with Gasteiger partial charge in [-0.25, -0.2) is 9.97 Å². The highest BCUT2D eigenvalue weighted by molar-refractivity contribution is 5.28. The normalized spacial score (nSPS) is 11.4. The summed E-state index contributed by atoms with van der Waals surface area (Å²) in [6.07, 6.45) is 4.97. The lowest BCUT2D eigenvalue weighted by Gasteiger charge is -2.11. The monoisotopic (exact) mass is 193 g/mol. The molecule has 0 N–H and O–H groups in total. The van der Waals surface area contributed by atoms with E-state index in [1.165, 1.54) is 0 Å². The number of methoxy groups -OCH3 is 2. The lowest BCUT2D eigenvalue weighted by Crippen LogP contribution is -2.06. The van der Waals surface area contributed by atoms with Gasteiger partial charge in [0.25, 0.3) is 0 Å². The van der Waals surface area contributed by atoms with Crippen molar-refractivity contribution in [2.75, 3.05) is 14.2 Å². The largest absolute Gasteiger partial charge is 0.350 e. The summed E-state index contributed by atoms with van der Waals surface area (Å²) in [5, 5.41) is 0. The number of rotatable bonds is 3. The first-order valence-corrected chi connectivity index (χ1v) is 4.20. The molecule has 0 saturated heterocycles. The molecule has 14 heavy (non-hydrogen) atoms. The third kappa shape index (κ3) is 1.47. The van der Waals surface area contributed by atoms with E-state index < -0.39 is 6.29 Å². The van der Waals surface area contributed by atoms with Crippen LogP contribution in [0.1, 0.15) is 12.0 Å². The molecule has 0 fully saturated rings. The Hall–Kier alpha value is -1.46. The van der Waals surface area contributed by atoms with E-state index in [-0.39, 0.29) is 0 Å². The van der Waals surface area contributed by atoms with E-state index in [4.69, 9.17) is 9.47 Å². The fourth-order valence-electron chi connectivity index (χ4n) is 1.29. The minimum Gasteiger partial charge on any atom is -0.350 e. The molecule has 5 heteroatoms. The van der Waals surface area contributed by atoms with Gasteiger partial charge in [-0.1, -0.05) is 0 Å². The van der Waals surface area contributed by atoms with Gasteiger partial charge >= 0.3 is 0 Å². The average molecular weight is 193 g/mol. The van der Waals surface area contributed by atoms with Gasteiger partial charge in [0, 0.05) is 32.8 Å². The lowest BCUT2D eigenvalue weighted by atomic mass is 10.4. The summed E-state index contributed by atoms with van der Waals surface area (Å²) in [5.41, 5.74) is 0.716. The predicted molar refractivity (Wildman–Crippen MR) is 49.7 cm³/mol. The lowest BCUT2D eigenvalue weighted by molar-refractivity contribution is -0.108. The number of hydrogen-bond acceptors (Lipinski definition) is 4. The van der Waals surface area contributed by atoms with E-state index >= 15 is 0 Å². The van der Waals surface area contributed by atoms with Crippen molar-refractivity contribution in [1.29, 1.82) is 0 Å². The van der Waals surface area contributed by atoms with Gasteiger partial charge in [0.05, 0.1) is 0 Å². The maximum atomic E-state index is 5.09. The molecule has 2 rings (SSSR count). The highest BCUT2D eigenvalue weighted by Gasteiger charge is 2.10. The molecule has 0 aromatic carbocycles. The van der Waals surface area contributed by atoms with Crippen molar-refractivity contribution in [2.24, 2.45) is 0 Å². The first kappa shape index (κ1) is 9.11. The van der Waals surface area contributed by atoms with Crippen LogP contribution in [0.15, 0.2) is 24.7 Å². The molecule has 0 saturated carbocycles. The SMILES string of the molecule is COC(OC)c1ccn2ccnc2n1. The third-order valence-electron chi connectivity index (χ3n) is 1.95. The van der Waals surface area contributed by atoms with Gasteiger partial charge in [-0.2, -0.15) is 0 Å². The number of imidazole rings is 1. The van der Waals surface area contributed by atoms with Crippen LogP contribution < -0.4 is 0 Å². The smallest absolute Gasteiger partial charge is 0.234 e. The van der Waals surface area contributed by atoms with Crippen molar-refractivity contribution in [2.45, 2.75) is 6.29 Å². The Labute approximate surface area is 81.3 Å². The van der Waals surface area contributed by atoms with Crippen LogP contribution in [0.2, 0.25) is 0 Å². The fourth-order valence-corrected chi connectivity index (χ4v) is 1.29. The Morgan fingerprint density at radius 2 is 2.07 bits per heavy atom. The Kier molecular flexibility index (Phi) is 2.43. The molecule has 2 aromatic rings. The number of ether oxygens (including phenoxy) is 2. The molecular weight excluding hydrogens is 182 g/mol. The Morgan fingerprint density at radius 1 is 1.29 bits per heavy atom. The maximum Gasteiger partial charge on any atom is 0.234 e. The molecule has 0 aliphatic rings. The third-order valence-corrected chi connectivity index (χ3v) is 1.95. The second-order valence-corrected chi connectivity index (χ2v) is 2.79. The van der Waals surface area contributed by atoms with Crippen LogP contribution in [-0.4, -0.2) is 28.6 Å².